The highest BCUT2D eigenvalue weighted by Crippen LogP contribution is 2.23. The van der Waals surface area contributed by atoms with Crippen molar-refractivity contribution in [3.05, 3.63) is 48.6 Å². The van der Waals surface area contributed by atoms with Crippen molar-refractivity contribution >= 4 is 5.91 Å². The lowest BCUT2D eigenvalue weighted by Gasteiger charge is -2.40. The van der Waals surface area contributed by atoms with E-state index < -0.39 is 74.2 Å². The van der Waals surface area contributed by atoms with E-state index in [1.807, 2.05) is 0 Å². The summed E-state index contributed by atoms with van der Waals surface area (Å²) in [7, 11) is 0. The molecule has 380 valence electrons. The first-order valence-corrected chi connectivity index (χ1v) is 26.5. The lowest BCUT2D eigenvalue weighted by atomic mass is 9.98. The van der Waals surface area contributed by atoms with Crippen LogP contribution in [0.15, 0.2) is 48.6 Å². The minimum Gasteiger partial charge on any atom is -0.394 e. The van der Waals surface area contributed by atoms with E-state index in [4.69, 9.17) is 9.47 Å². The van der Waals surface area contributed by atoms with Gasteiger partial charge in [-0.1, -0.05) is 184 Å². The second-order valence-electron chi connectivity index (χ2n) is 18.6. The normalized spacial score (nSPS) is 21.3. The Morgan fingerprint density at radius 2 is 0.938 bits per heavy atom. The minimum atomic E-state index is -1.67. The number of unbranched alkanes of at least 4 members (excludes halogenated alkanes) is 24. The van der Waals surface area contributed by atoms with Crippen molar-refractivity contribution in [3.8, 4) is 0 Å². The third-order valence-electron chi connectivity index (χ3n) is 12.6. The average Bonchev–Trinajstić information content (AvgIpc) is 3.31. The Morgan fingerprint density at radius 3 is 1.42 bits per heavy atom. The van der Waals surface area contributed by atoms with Crippen LogP contribution in [0.3, 0.4) is 0 Å². The first-order valence-electron chi connectivity index (χ1n) is 26.5. The molecule has 0 aliphatic carbocycles. The molecule has 65 heavy (non-hydrogen) atoms. The van der Waals surface area contributed by atoms with Crippen molar-refractivity contribution in [1.29, 1.82) is 0 Å². The lowest BCUT2D eigenvalue weighted by molar-refractivity contribution is -0.303. The van der Waals surface area contributed by atoms with Crippen molar-refractivity contribution in [2.75, 3.05) is 13.2 Å². The van der Waals surface area contributed by atoms with Crippen LogP contribution in [-0.2, 0) is 14.3 Å². The molecule has 0 radical (unpaired) electrons. The van der Waals surface area contributed by atoms with E-state index in [2.05, 4.69) is 67.8 Å². The number of ether oxygens (including phenoxy) is 2. The van der Waals surface area contributed by atoms with E-state index in [-0.39, 0.29) is 12.8 Å². The second-order valence-corrected chi connectivity index (χ2v) is 18.6. The third-order valence-corrected chi connectivity index (χ3v) is 12.6. The molecule has 11 heteroatoms. The summed E-state index contributed by atoms with van der Waals surface area (Å²) in [6, 6.07) is -1.20. The maximum Gasteiger partial charge on any atom is 0.249 e. The molecule has 11 nitrogen and oxygen atoms in total. The SMILES string of the molecule is CCCC/C=C\CCCCCCC(O)C(=O)NC(COC1OC(CO)C(O)C(O)C1O)C(O)C(O)CCC/C=C/CC/C=C/CC/C=C/CCCCCCCCCCCCCCCCC. The number of hydrogen-bond acceptors (Lipinski definition) is 10. The molecule has 9 atom stereocenters. The lowest BCUT2D eigenvalue weighted by Crippen LogP contribution is -2.60. The molecule has 1 aliphatic rings. The van der Waals surface area contributed by atoms with Crippen LogP contribution in [-0.4, -0.2) is 110 Å². The molecule has 0 spiro atoms. The highest BCUT2D eigenvalue weighted by atomic mass is 16.7. The van der Waals surface area contributed by atoms with Gasteiger partial charge in [0, 0.05) is 0 Å². The van der Waals surface area contributed by atoms with Gasteiger partial charge in [-0.05, 0) is 83.5 Å². The Balaban J connectivity index is 2.33. The Morgan fingerprint density at radius 1 is 0.523 bits per heavy atom. The van der Waals surface area contributed by atoms with E-state index in [1.54, 1.807) is 0 Å². The van der Waals surface area contributed by atoms with Crippen LogP contribution in [0.1, 0.15) is 219 Å². The molecule has 9 unspecified atom stereocenters. The molecular weight excluding hydrogens is 823 g/mol. The van der Waals surface area contributed by atoms with E-state index in [1.165, 1.54) is 116 Å². The number of aliphatic hydroxyl groups is 7. The zero-order chi connectivity index (χ0) is 47.6. The van der Waals surface area contributed by atoms with Gasteiger partial charge in [0.15, 0.2) is 6.29 Å². The van der Waals surface area contributed by atoms with Crippen LogP contribution in [0.2, 0.25) is 0 Å². The molecule has 1 fully saturated rings. The van der Waals surface area contributed by atoms with Gasteiger partial charge in [-0.15, -0.1) is 0 Å². The summed E-state index contributed by atoms with van der Waals surface area (Å²) < 4.78 is 11.1. The fourth-order valence-corrected chi connectivity index (χ4v) is 8.16. The summed E-state index contributed by atoms with van der Waals surface area (Å²) in [5.41, 5.74) is 0. The van der Waals surface area contributed by atoms with E-state index in [9.17, 15) is 40.5 Å². The molecule has 0 saturated carbocycles. The Kier molecular flexibility index (Phi) is 40.7. The predicted molar refractivity (Wildman–Crippen MR) is 265 cm³/mol. The molecule has 1 aliphatic heterocycles. The molecule has 1 amide bonds. The van der Waals surface area contributed by atoms with Gasteiger partial charge < -0.3 is 50.5 Å². The van der Waals surface area contributed by atoms with Gasteiger partial charge in [0.05, 0.1) is 25.4 Å². The molecule has 0 aromatic carbocycles. The highest BCUT2D eigenvalue weighted by molar-refractivity contribution is 5.80. The second kappa shape index (κ2) is 43.4. The average molecular weight is 922 g/mol. The van der Waals surface area contributed by atoms with Gasteiger partial charge in [0.1, 0.15) is 36.6 Å². The van der Waals surface area contributed by atoms with E-state index >= 15 is 0 Å². The molecule has 1 rings (SSSR count). The molecular formula is C54H99NO10. The predicted octanol–water partition coefficient (Wildman–Crippen LogP) is 10.1. The van der Waals surface area contributed by atoms with Crippen LogP contribution in [0.5, 0.6) is 0 Å². The van der Waals surface area contributed by atoms with E-state index in [0.717, 1.165) is 57.8 Å². The number of carbonyl (C=O) groups excluding carboxylic acids is 1. The van der Waals surface area contributed by atoms with Gasteiger partial charge in [-0.3, -0.25) is 4.79 Å². The molecule has 1 heterocycles. The van der Waals surface area contributed by atoms with Crippen LogP contribution in [0, 0.1) is 0 Å². The van der Waals surface area contributed by atoms with Gasteiger partial charge >= 0.3 is 0 Å². The van der Waals surface area contributed by atoms with Crippen molar-refractivity contribution in [2.45, 2.75) is 274 Å². The summed E-state index contributed by atoms with van der Waals surface area (Å²) in [6.07, 6.45) is 42.0. The number of amides is 1. The van der Waals surface area contributed by atoms with Gasteiger partial charge in [-0.25, -0.2) is 0 Å². The van der Waals surface area contributed by atoms with E-state index in [0.29, 0.717) is 19.3 Å². The fourth-order valence-electron chi connectivity index (χ4n) is 8.16. The first-order chi connectivity index (χ1) is 31.7. The van der Waals surface area contributed by atoms with Gasteiger partial charge in [0.2, 0.25) is 5.91 Å². The number of nitrogens with one attached hydrogen (secondary N) is 1. The molecule has 0 aromatic heterocycles. The Labute approximate surface area is 396 Å². The first kappa shape index (κ1) is 61.1. The molecule has 0 aromatic rings. The van der Waals surface area contributed by atoms with Crippen molar-refractivity contribution in [3.63, 3.8) is 0 Å². The fraction of sp³-hybridized carbons (Fsp3) is 0.833. The number of hydrogen-bond donors (Lipinski definition) is 8. The monoisotopic (exact) mass is 922 g/mol. The van der Waals surface area contributed by atoms with Crippen LogP contribution in [0.25, 0.3) is 0 Å². The largest absolute Gasteiger partial charge is 0.394 e. The number of carbonyl (C=O) groups is 1. The quantitative estimate of drug-likeness (QED) is 0.0216. The van der Waals surface area contributed by atoms with Gasteiger partial charge in [0.25, 0.3) is 0 Å². The Bertz CT molecular complexity index is 1190. The van der Waals surface area contributed by atoms with Crippen molar-refractivity contribution in [1.82, 2.24) is 5.32 Å². The maximum atomic E-state index is 13.1. The smallest absolute Gasteiger partial charge is 0.249 e. The molecule has 1 saturated heterocycles. The zero-order valence-corrected chi connectivity index (χ0v) is 41.2. The van der Waals surface area contributed by atoms with Crippen molar-refractivity contribution < 1.29 is 50.0 Å². The summed E-state index contributed by atoms with van der Waals surface area (Å²) in [4.78, 5) is 13.1. The minimum absolute atomic E-state index is 0.232. The van der Waals surface area contributed by atoms with Crippen LogP contribution in [0.4, 0.5) is 0 Å². The van der Waals surface area contributed by atoms with Crippen LogP contribution < -0.4 is 5.32 Å². The van der Waals surface area contributed by atoms with Crippen LogP contribution >= 0.6 is 0 Å². The van der Waals surface area contributed by atoms with Gasteiger partial charge in [-0.2, -0.15) is 0 Å². The number of rotatable bonds is 44. The topological polar surface area (TPSA) is 189 Å². The number of allylic oxidation sites excluding steroid dienone is 8. The zero-order valence-electron chi connectivity index (χ0n) is 41.2. The maximum absolute atomic E-state index is 13.1. The standard InChI is InChI=1S/C54H99NO10/c1-3-5-7-9-11-13-15-16-17-18-19-20-21-22-23-24-25-26-27-28-29-30-31-32-34-35-37-39-41-46(57)49(59)45(44-64-54-52(62)51(61)50(60)48(43-56)65-54)55-53(63)47(58)42-40-38-36-33-14-12-10-8-6-4-2/h10,12,25-26,29-30,34-35,45-52,54,56-62H,3-9,11,13-24,27-28,31-33,36-44H2,1-2H3,(H,55,63)/b12-10-,26-25+,30-29+,35-34+. The Hall–Kier alpha value is -1.93. The third kappa shape index (κ3) is 32.5. The number of aliphatic hydroxyl groups excluding tert-OH is 7. The van der Waals surface area contributed by atoms with Crippen molar-refractivity contribution in [2.24, 2.45) is 0 Å². The molecule has 0 bridgehead atoms. The summed E-state index contributed by atoms with van der Waals surface area (Å²) in [5.74, 6) is -0.725. The summed E-state index contributed by atoms with van der Waals surface area (Å²) in [6.45, 7) is 3.36. The highest BCUT2D eigenvalue weighted by Gasteiger charge is 2.44. The summed E-state index contributed by atoms with van der Waals surface area (Å²) >= 11 is 0. The molecule has 8 N–H and O–H groups in total. The summed E-state index contributed by atoms with van der Waals surface area (Å²) in [5, 5.41) is 75.6.